The van der Waals surface area contributed by atoms with Gasteiger partial charge in [-0.2, -0.15) is 0 Å². The van der Waals surface area contributed by atoms with Crippen LogP contribution in [0.4, 0.5) is 5.69 Å². The average molecular weight is 446 g/mol. The zero-order valence-electron chi connectivity index (χ0n) is 18.8. The number of aromatic nitrogens is 1. The van der Waals surface area contributed by atoms with Crippen molar-refractivity contribution in [3.63, 3.8) is 0 Å². The zero-order valence-corrected chi connectivity index (χ0v) is 18.8. The molecule has 1 aromatic heterocycles. The van der Waals surface area contributed by atoms with Crippen molar-refractivity contribution in [3.05, 3.63) is 78.0 Å². The number of carbonyl (C=O) groups excluding carboxylic acids is 2. The molecule has 0 radical (unpaired) electrons. The Hall–Kier alpha value is -3.87. The van der Waals surface area contributed by atoms with Crippen LogP contribution < -0.4 is 19.7 Å². The monoisotopic (exact) mass is 445 g/mol. The van der Waals surface area contributed by atoms with Gasteiger partial charge in [0.2, 0.25) is 17.7 Å². The second-order valence-electron chi connectivity index (χ2n) is 7.97. The summed E-state index contributed by atoms with van der Waals surface area (Å²) in [6, 6.07) is 19.1. The quantitative estimate of drug-likeness (QED) is 0.582. The summed E-state index contributed by atoms with van der Waals surface area (Å²) in [6.45, 7) is 2.89. The first-order chi connectivity index (χ1) is 16.1. The number of pyridine rings is 1. The van der Waals surface area contributed by atoms with Crippen molar-refractivity contribution in [3.8, 4) is 17.4 Å². The van der Waals surface area contributed by atoms with Crippen LogP contribution in [0.3, 0.4) is 0 Å². The lowest BCUT2D eigenvalue weighted by molar-refractivity contribution is -0.125. The summed E-state index contributed by atoms with van der Waals surface area (Å²) in [6.07, 6.45) is 1.81. The highest BCUT2D eigenvalue weighted by molar-refractivity contribution is 5.96. The van der Waals surface area contributed by atoms with Gasteiger partial charge in [-0.1, -0.05) is 49.4 Å². The summed E-state index contributed by atoms with van der Waals surface area (Å²) in [5.74, 6) is 1.32. The van der Waals surface area contributed by atoms with Crippen molar-refractivity contribution in [2.24, 2.45) is 0 Å². The molecule has 7 nitrogen and oxygen atoms in total. The van der Waals surface area contributed by atoms with E-state index in [1.54, 1.807) is 36.4 Å². The van der Waals surface area contributed by atoms with Crippen molar-refractivity contribution in [2.75, 3.05) is 18.6 Å². The van der Waals surface area contributed by atoms with E-state index in [9.17, 15) is 9.59 Å². The Bertz CT molecular complexity index is 1130. The third-order valence-electron chi connectivity index (χ3n) is 5.69. The number of nitrogens with one attached hydrogen (secondary N) is 1. The predicted octanol–water partition coefficient (Wildman–Crippen LogP) is 4.43. The van der Waals surface area contributed by atoms with Gasteiger partial charge in [-0.05, 0) is 29.7 Å². The summed E-state index contributed by atoms with van der Waals surface area (Å²) in [4.78, 5) is 31.5. The van der Waals surface area contributed by atoms with Gasteiger partial charge in [-0.25, -0.2) is 4.98 Å². The number of para-hydroxylation sites is 1. The van der Waals surface area contributed by atoms with Crippen LogP contribution in [0.25, 0.3) is 0 Å². The fraction of sp³-hybridized carbons (Fsp3) is 0.269. The number of methoxy groups -OCH3 is 1. The number of hydrogen-bond acceptors (Lipinski definition) is 5. The number of ether oxygens (including phenoxy) is 2. The molecular formula is C26H27N3O4. The molecule has 33 heavy (non-hydrogen) atoms. The fourth-order valence-electron chi connectivity index (χ4n) is 3.81. The molecule has 4 rings (SSSR count). The van der Waals surface area contributed by atoms with Crippen LogP contribution in [0.1, 0.15) is 36.8 Å². The Morgan fingerprint density at radius 2 is 1.91 bits per heavy atom. The molecule has 2 amide bonds. The molecule has 170 valence electrons. The van der Waals surface area contributed by atoms with E-state index in [0.717, 1.165) is 11.1 Å². The van der Waals surface area contributed by atoms with Gasteiger partial charge in [0.1, 0.15) is 5.69 Å². The average Bonchev–Trinajstić information content (AvgIpc) is 3.03. The Balaban J connectivity index is 1.42. The second kappa shape index (κ2) is 10.2. The second-order valence-corrected chi connectivity index (χ2v) is 7.97. The largest absolute Gasteiger partial charge is 0.493 e. The van der Waals surface area contributed by atoms with Gasteiger partial charge >= 0.3 is 0 Å². The first kappa shape index (κ1) is 22.3. The van der Waals surface area contributed by atoms with E-state index in [-0.39, 0.29) is 30.6 Å². The maximum atomic E-state index is 13.2. The van der Waals surface area contributed by atoms with Crippen molar-refractivity contribution in [1.29, 1.82) is 0 Å². The van der Waals surface area contributed by atoms with E-state index in [4.69, 9.17) is 9.47 Å². The molecule has 0 unspecified atom stereocenters. The number of hydrogen-bond donors (Lipinski definition) is 1. The van der Waals surface area contributed by atoms with Crippen LogP contribution in [0.5, 0.6) is 17.4 Å². The van der Waals surface area contributed by atoms with Crippen molar-refractivity contribution >= 4 is 17.5 Å². The van der Waals surface area contributed by atoms with Gasteiger partial charge in [0, 0.05) is 31.1 Å². The number of rotatable bonds is 7. The number of amides is 2. The van der Waals surface area contributed by atoms with Crippen LogP contribution >= 0.6 is 0 Å². The lowest BCUT2D eigenvalue weighted by Gasteiger charge is -2.21. The van der Waals surface area contributed by atoms with Gasteiger partial charge < -0.3 is 19.7 Å². The maximum Gasteiger partial charge on any atom is 0.243 e. The molecule has 0 aliphatic carbocycles. The van der Waals surface area contributed by atoms with Gasteiger partial charge in [0.15, 0.2) is 11.5 Å². The van der Waals surface area contributed by atoms with E-state index in [2.05, 4.69) is 17.2 Å². The molecule has 0 bridgehead atoms. The van der Waals surface area contributed by atoms with Crippen LogP contribution in [-0.2, 0) is 16.1 Å². The van der Waals surface area contributed by atoms with Gasteiger partial charge in [0.25, 0.3) is 0 Å². The van der Waals surface area contributed by atoms with E-state index >= 15 is 0 Å². The molecule has 0 saturated heterocycles. The van der Waals surface area contributed by atoms with Gasteiger partial charge in [-0.3, -0.25) is 9.59 Å². The van der Waals surface area contributed by atoms with Crippen LogP contribution in [-0.4, -0.2) is 30.5 Å². The molecule has 1 atom stereocenters. The molecule has 1 aliphatic heterocycles. The number of fused-ring (bicyclic) bond motifs is 2. The van der Waals surface area contributed by atoms with Crippen LogP contribution in [0, 0.1) is 0 Å². The van der Waals surface area contributed by atoms with Crippen LogP contribution in [0.2, 0.25) is 0 Å². The minimum atomic E-state index is -0.172. The normalized spacial score (nSPS) is 13.1. The SMILES string of the molecule is COc1cccc2c1Oc1ncccc1N(C(=O)CCC(=O)NC[C@H](C)c1ccccc1)C2. The third-order valence-corrected chi connectivity index (χ3v) is 5.69. The molecule has 2 heterocycles. The number of benzene rings is 2. The highest BCUT2D eigenvalue weighted by Crippen LogP contribution is 2.42. The van der Waals surface area contributed by atoms with Gasteiger partial charge in [-0.15, -0.1) is 0 Å². The van der Waals surface area contributed by atoms with Crippen LogP contribution in [0.15, 0.2) is 66.9 Å². The first-order valence-corrected chi connectivity index (χ1v) is 11.0. The summed E-state index contributed by atoms with van der Waals surface area (Å²) in [5.41, 5.74) is 2.54. The number of anilines is 1. The molecule has 3 aromatic rings. The summed E-state index contributed by atoms with van der Waals surface area (Å²) < 4.78 is 11.5. The minimum Gasteiger partial charge on any atom is -0.493 e. The first-order valence-electron chi connectivity index (χ1n) is 11.0. The maximum absolute atomic E-state index is 13.2. The Kier molecular flexibility index (Phi) is 6.88. The summed E-state index contributed by atoms with van der Waals surface area (Å²) >= 11 is 0. The molecule has 0 saturated carbocycles. The lowest BCUT2D eigenvalue weighted by Crippen LogP contribution is -2.32. The van der Waals surface area contributed by atoms with Crippen molar-refractivity contribution in [2.45, 2.75) is 32.2 Å². The lowest BCUT2D eigenvalue weighted by atomic mass is 10.0. The highest BCUT2D eigenvalue weighted by atomic mass is 16.5. The van der Waals surface area contributed by atoms with E-state index in [0.29, 0.717) is 36.2 Å². The molecule has 1 N–H and O–H groups in total. The molecule has 0 fully saturated rings. The van der Waals surface area contributed by atoms with E-state index in [1.807, 2.05) is 42.5 Å². The minimum absolute atomic E-state index is 0.0825. The van der Waals surface area contributed by atoms with Gasteiger partial charge in [0.05, 0.1) is 13.7 Å². The standard InChI is InChI=1S/C26H27N3O4/c1-18(19-8-4-3-5-9-19)16-28-23(30)13-14-24(31)29-17-20-10-6-12-22(32-2)25(20)33-26-21(29)11-7-15-27-26/h3-12,15,18H,13-14,16-17H2,1-2H3,(H,28,30)/t18-/m0/s1. The molecule has 1 aliphatic rings. The topological polar surface area (TPSA) is 80.8 Å². The third kappa shape index (κ3) is 5.14. The van der Waals surface area contributed by atoms with Crippen molar-refractivity contribution in [1.82, 2.24) is 10.3 Å². The summed E-state index contributed by atoms with van der Waals surface area (Å²) in [5, 5.41) is 2.94. The number of nitrogens with zero attached hydrogens (tertiary/aromatic N) is 2. The Morgan fingerprint density at radius 1 is 1.09 bits per heavy atom. The molecule has 7 heteroatoms. The smallest absolute Gasteiger partial charge is 0.243 e. The molecule has 0 spiro atoms. The fourth-order valence-corrected chi connectivity index (χ4v) is 3.81. The zero-order chi connectivity index (χ0) is 23.2. The van der Waals surface area contributed by atoms with E-state index in [1.165, 1.54) is 0 Å². The summed E-state index contributed by atoms with van der Waals surface area (Å²) in [7, 11) is 1.57. The van der Waals surface area contributed by atoms with Crippen molar-refractivity contribution < 1.29 is 19.1 Å². The highest BCUT2D eigenvalue weighted by Gasteiger charge is 2.28. The predicted molar refractivity (Wildman–Crippen MR) is 126 cm³/mol. The van der Waals surface area contributed by atoms with E-state index < -0.39 is 0 Å². The molecular weight excluding hydrogens is 418 g/mol. The Labute approximate surface area is 193 Å². The number of carbonyl (C=O) groups is 2. The molecule has 2 aromatic carbocycles. The Morgan fingerprint density at radius 3 is 2.70 bits per heavy atom.